The number of hydrogen-bond donors (Lipinski definition) is 3. The number of nitrogens with zero attached hydrogens (tertiary/aromatic N) is 3. The van der Waals surface area contributed by atoms with Gasteiger partial charge in [-0.1, -0.05) is 49.2 Å². The number of rotatable bonds is 13. The van der Waals surface area contributed by atoms with Crippen molar-refractivity contribution in [2.45, 2.75) is 50.8 Å². The number of nitro benzene ring substituents is 1. The Labute approximate surface area is 372 Å². The number of carbonyl (C=O) groups is 1. The molecule has 0 atom stereocenters. The molecule has 5 aromatic rings. The number of piperazine rings is 1. The summed E-state index contributed by atoms with van der Waals surface area (Å²) in [5.74, 6) is -0.281. The molecule has 14 nitrogen and oxygen atoms in total. The molecule has 63 heavy (non-hydrogen) atoms. The Hall–Kier alpha value is -5.42. The number of carbonyl (C=O) groups excluding carboxylic acids is 1. The third kappa shape index (κ3) is 10.4. The number of H-pyrrole nitrogens is 1. The zero-order valence-corrected chi connectivity index (χ0v) is 37.6. The normalized spacial score (nSPS) is 18.3. The smallest absolute Gasteiger partial charge is 0.293 e. The van der Waals surface area contributed by atoms with E-state index in [9.17, 15) is 31.7 Å². The molecule has 2 saturated heterocycles. The second-order valence-corrected chi connectivity index (χ2v) is 21.9. The number of hydrogen-bond acceptors (Lipinski definition) is 11. The number of amides is 1. The van der Waals surface area contributed by atoms with Crippen LogP contribution in [-0.4, -0.2) is 88.3 Å². The minimum absolute atomic E-state index is 0.0144. The number of sulfone groups is 1. The number of fused-ring (bicyclic) bond motifs is 1. The molecule has 2 aliphatic heterocycles. The highest BCUT2D eigenvalue weighted by Gasteiger charge is 2.31. The van der Waals surface area contributed by atoms with E-state index in [1.165, 1.54) is 34.9 Å². The molecule has 1 aliphatic carbocycles. The third-order valence-corrected chi connectivity index (χ3v) is 15.8. The highest BCUT2D eigenvalue weighted by atomic mass is 35.5. The van der Waals surface area contributed by atoms with Gasteiger partial charge in [-0.15, -0.1) is 0 Å². The number of aromatic amines is 1. The highest BCUT2D eigenvalue weighted by Crippen LogP contribution is 2.44. The van der Waals surface area contributed by atoms with Crippen LogP contribution in [0.25, 0.3) is 16.5 Å². The zero-order valence-electron chi connectivity index (χ0n) is 35.2. The van der Waals surface area contributed by atoms with Gasteiger partial charge in [-0.25, -0.2) is 21.6 Å². The number of halogens is 1. The van der Waals surface area contributed by atoms with Gasteiger partial charge in [0.15, 0.2) is 0 Å². The fraction of sp³-hybridized carbons (Fsp3) is 0.370. The van der Waals surface area contributed by atoms with Gasteiger partial charge < -0.3 is 19.9 Å². The summed E-state index contributed by atoms with van der Waals surface area (Å²) in [6.45, 7) is 8.87. The van der Waals surface area contributed by atoms with Crippen molar-refractivity contribution in [3.05, 3.63) is 123 Å². The lowest BCUT2D eigenvalue weighted by Crippen LogP contribution is -2.47. The molecular formula is C46H51ClN6O8S2. The second-order valence-electron chi connectivity index (χ2n) is 17.5. The van der Waals surface area contributed by atoms with Gasteiger partial charge in [0, 0.05) is 79.2 Å². The van der Waals surface area contributed by atoms with Crippen LogP contribution in [0.2, 0.25) is 5.02 Å². The topological polar surface area (TPSA) is 184 Å². The van der Waals surface area contributed by atoms with E-state index in [4.69, 9.17) is 16.3 Å². The predicted octanol–water partition coefficient (Wildman–Crippen LogP) is 8.66. The lowest BCUT2D eigenvalue weighted by atomic mass is 9.72. The maximum absolute atomic E-state index is 14.0. The molecule has 3 N–H and O–H groups in total. The number of benzene rings is 4. The van der Waals surface area contributed by atoms with Crippen LogP contribution in [0.3, 0.4) is 0 Å². The van der Waals surface area contributed by atoms with E-state index in [0.29, 0.717) is 31.7 Å². The summed E-state index contributed by atoms with van der Waals surface area (Å²) in [7, 11) is -7.69. The van der Waals surface area contributed by atoms with Gasteiger partial charge in [0.2, 0.25) is 0 Å². The molecule has 0 bridgehead atoms. The summed E-state index contributed by atoms with van der Waals surface area (Å²) in [4.78, 5) is 32.8. The van der Waals surface area contributed by atoms with Crippen molar-refractivity contribution >= 4 is 70.9 Å². The van der Waals surface area contributed by atoms with Crippen molar-refractivity contribution in [2.75, 3.05) is 61.0 Å². The molecule has 3 aliphatic rings. The highest BCUT2D eigenvalue weighted by molar-refractivity contribution is 7.91. The summed E-state index contributed by atoms with van der Waals surface area (Å²) in [6, 6.07) is 23.9. The van der Waals surface area contributed by atoms with Crippen molar-refractivity contribution in [1.29, 1.82) is 0 Å². The average Bonchev–Trinajstić information content (AvgIpc) is 3.74. The summed E-state index contributed by atoms with van der Waals surface area (Å²) in [6.07, 6.45) is 5.80. The maximum Gasteiger partial charge on any atom is 0.293 e. The molecule has 2 fully saturated rings. The minimum Gasteiger partial charge on any atom is -0.456 e. The number of nitrogens with one attached hydrogen (secondary N) is 3. The van der Waals surface area contributed by atoms with Gasteiger partial charge in [-0.05, 0) is 109 Å². The molecule has 0 unspecified atom stereocenters. The van der Waals surface area contributed by atoms with Crippen molar-refractivity contribution in [3.63, 3.8) is 0 Å². The van der Waals surface area contributed by atoms with Gasteiger partial charge in [0.1, 0.15) is 27.0 Å². The molecule has 332 valence electrons. The number of sulfonamides is 1. The molecule has 0 radical (unpaired) electrons. The van der Waals surface area contributed by atoms with Crippen molar-refractivity contribution < 1.29 is 31.3 Å². The summed E-state index contributed by atoms with van der Waals surface area (Å²) in [5, 5.41) is 16.6. The molecule has 0 saturated carbocycles. The Balaban J connectivity index is 1.00. The van der Waals surface area contributed by atoms with E-state index >= 15 is 0 Å². The zero-order chi connectivity index (χ0) is 44.5. The maximum atomic E-state index is 14.0. The van der Waals surface area contributed by atoms with Crippen molar-refractivity contribution in [1.82, 2.24) is 14.6 Å². The summed E-state index contributed by atoms with van der Waals surface area (Å²) < 4.78 is 59.7. The van der Waals surface area contributed by atoms with Crippen LogP contribution in [-0.2, 0) is 19.9 Å². The van der Waals surface area contributed by atoms with Crippen LogP contribution >= 0.6 is 11.6 Å². The molecule has 4 aromatic carbocycles. The summed E-state index contributed by atoms with van der Waals surface area (Å²) in [5.41, 5.74) is 5.47. The van der Waals surface area contributed by atoms with Crippen LogP contribution in [0.4, 0.5) is 17.1 Å². The number of nitro groups is 1. The average molecular weight is 916 g/mol. The van der Waals surface area contributed by atoms with Crippen LogP contribution < -0.4 is 19.7 Å². The van der Waals surface area contributed by atoms with Crippen LogP contribution in [0.5, 0.6) is 11.5 Å². The quantitative estimate of drug-likeness (QED) is 0.0759. The van der Waals surface area contributed by atoms with E-state index in [1.807, 2.05) is 30.3 Å². The van der Waals surface area contributed by atoms with Gasteiger partial charge in [0.05, 0.1) is 26.9 Å². The van der Waals surface area contributed by atoms with Gasteiger partial charge in [-0.2, -0.15) is 0 Å². The van der Waals surface area contributed by atoms with E-state index in [-0.39, 0.29) is 46.4 Å². The van der Waals surface area contributed by atoms with E-state index in [0.717, 1.165) is 66.6 Å². The number of ether oxygens (including phenoxy) is 1. The Morgan fingerprint density at radius 2 is 1.71 bits per heavy atom. The molecule has 3 heterocycles. The first-order valence-electron chi connectivity index (χ1n) is 21.1. The molecule has 1 amide bonds. The number of aromatic nitrogens is 1. The minimum atomic E-state index is -4.61. The van der Waals surface area contributed by atoms with Gasteiger partial charge >= 0.3 is 0 Å². The lowest BCUT2D eigenvalue weighted by molar-refractivity contribution is -0.384. The van der Waals surface area contributed by atoms with E-state index in [2.05, 4.69) is 50.8 Å². The second kappa shape index (κ2) is 18.0. The Morgan fingerprint density at radius 1 is 0.968 bits per heavy atom. The van der Waals surface area contributed by atoms with Gasteiger partial charge in [0.25, 0.3) is 21.6 Å². The molecule has 17 heteroatoms. The lowest BCUT2D eigenvalue weighted by Gasteiger charge is -2.39. The van der Waals surface area contributed by atoms with Crippen molar-refractivity contribution in [3.8, 4) is 11.5 Å². The van der Waals surface area contributed by atoms with Gasteiger partial charge in [-0.3, -0.25) is 19.8 Å². The van der Waals surface area contributed by atoms with Crippen LogP contribution in [0.1, 0.15) is 61.9 Å². The third-order valence-electron chi connectivity index (χ3n) is 12.5. The molecule has 0 spiro atoms. The predicted molar refractivity (Wildman–Crippen MR) is 247 cm³/mol. The molecule has 8 rings (SSSR count). The first-order valence-corrected chi connectivity index (χ1v) is 24.8. The van der Waals surface area contributed by atoms with E-state index < -0.39 is 41.3 Å². The van der Waals surface area contributed by atoms with Crippen LogP contribution in [0, 0.1) is 21.4 Å². The van der Waals surface area contributed by atoms with Crippen LogP contribution in [0.15, 0.2) is 102 Å². The number of allylic oxidation sites excluding steroid dienone is 1. The van der Waals surface area contributed by atoms with Crippen molar-refractivity contribution in [2.24, 2.45) is 11.3 Å². The number of anilines is 2. The fourth-order valence-corrected chi connectivity index (χ4v) is 11.5. The Bertz CT molecular complexity index is 2790. The first kappa shape index (κ1) is 44.2. The SMILES string of the molecule is CC1(C)CCC(CN2CCN(c3ccc(C(=O)NS(=O)(=O)c4ccc(NCC5CCS(=O)(=O)CC5)c([N+](=O)[O-])c4)c(Oc4cccc5[nH]ccc45)c3)CC2)=C(c2ccc(Cl)cc2)C1. The van der Waals surface area contributed by atoms with E-state index in [1.54, 1.807) is 24.4 Å². The standard InChI is InChI=1S/C46H51ClN6O8S2/c1-46(2)18-14-33(39(28-46)32-6-8-34(47)9-7-32)30-51-20-22-52(23-21-51)35-10-12-38(44(26-35)61-43-5-3-4-40-37(43)15-19-48-40)45(54)50-63(59,60)36-11-13-41(42(27-36)53(55)56)49-29-31-16-24-62(57,58)25-17-31/h3-13,15,19,26-27,31,48-49H,14,16-18,20-25,28-30H2,1-2H3,(H,50,54). The molecule has 1 aromatic heterocycles. The monoisotopic (exact) mass is 914 g/mol. The Kier molecular flexibility index (Phi) is 12.6. The first-order chi connectivity index (χ1) is 30.0. The summed E-state index contributed by atoms with van der Waals surface area (Å²) >= 11 is 6.24. The Morgan fingerprint density at radius 3 is 2.44 bits per heavy atom. The largest absolute Gasteiger partial charge is 0.456 e. The fourth-order valence-electron chi connectivity index (χ4n) is 8.75. The molecular weight excluding hydrogens is 864 g/mol.